The standard InChI is InChI=1S/C26H25N5O4S2.K/c32-22-12-17-11-20(9-10-21(17)30(23(22)24(33)34)14-16-5-2-1-3-6-16)35-15-27-18-7-4-8-19(13-18)31-25(36)28-29-26(31)37;/h1-11,13,22-23,27,32H,12,14-15H2,(H,28,36)(H,29,37)(H,33,34);/q;+1/p-1. The maximum Gasteiger partial charge on any atom is 1.00 e. The van der Waals surface area contributed by atoms with Crippen LogP contribution in [0.2, 0.25) is 0 Å². The minimum Gasteiger partial charge on any atom is -0.548 e. The molecule has 0 amide bonds. The normalized spacial score (nSPS) is 16.3. The van der Waals surface area contributed by atoms with E-state index in [0.717, 1.165) is 28.2 Å². The number of hydrogen-bond acceptors (Lipinski definition) is 8. The monoisotopic (exact) mass is 573 g/mol. The third-order valence-electron chi connectivity index (χ3n) is 6.23. The van der Waals surface area contributed by atoms with Gasteiger partial charge in [-0.15, -0.1) is 0 Å². The average molecular weight is 574 g/mol. The number of benzene rings is 3. The number of carbonyl (C=O) groups excluding carboxylic acids is 1. The molecule has 0 aliphatic carbocycles. The van der Waals surface area contributed by atoms with Gasteiger partial charge in [0.05, 0.1) is 23.8 Å². The molecule has 2 unspecified atom stereocenters. The summed E-state index contributed by atoms with van der Waals surface area (Å²) in [6.07, 6.45) is -0.923. The Labute approximate surface area is 271 Å². The molecule has 0 fully saturated rings. The van der Waals surface area contributed by atoms with Crippen molar-refractivity contribution >= 4 is 41.8 Å². The fourth-order valence-electron chi connectivity index (χ4n) is 4.54. The van der Waals surface area contributed by atoms with Gasteiger partial charge in [0.1, 0.15) is 5.75 Å². The summed E-state index contributed by atoms with van der Waals surface area (Å²) in [7, 11) is 0. The number of carboxylic acid groups (broad SMARTS) is 1. The number of aliphatic hydroxyl groups excluding tert-OH is 1. The van der Waals surface area contributed by atoms with Crippen molar-refractivity contribution in [3.63, 3.8) is 0 Å². The Morgan fingerprint density at radius 2 is 1.79 bits per heavy atom. The number of rotatable bonds is 8. The molecule has 1 aliphatic rings. The molecule has 0 bridgehead atoms. The topological polar surface area (TPSA) is 121 Å². The molecule has 12 heteroatoms. The number of hydrogen-bond donors (Lipinski definition) is 4. The van der Waals surface area contributed by atoms with Gasteiger partial charge in [-0.1, -0.05) is 36.4 Å². The Kier molecular flexibility index (Phi) is 9.60. The van der Waals surface area contributed by atoms with Gasteiger partial charge in [0.2, 0.25) is 0 Å². The van der Waals surface area contributed by atoms with Crippen molar-refractivity contribution in [2.45, 2.75) is 25.1 Å². The molecule has 2 atom stereocenters. The Balaban J connectivity index is 0.00000336. The average Bonchev–Trinajstić information content (AvgIpc) is 3.22. The Morgan fingerprint density at radius 3 is 2.50 bits per heavy atom. The number of carboxylic acids is 1. The second-order valence-corrected chi connectivity index (χ2v) is 9.42. The van der Waals surface area contributed by atoms with Crippen molar-refractivity contribution in [1.29, 1.82) is 0 Å². The van der Waals surface area contributed by atoms with Crippen LogP contribution in [0.4, 0.5) is 11.4 Å². The van der Waals surface area contributed by atoms with Gasteiger partial charge >= 0.3 is 51.4 Å². The van der Waals surface area contributed by atoms with Crippen molar-refractivity contribution in [3.05, 3.63) is 93.5 Å². The SMILES string of the molecule is O=C([O-])C1C(O)Cc2cc(OCNc3cccc(-n4c(=S)[nH][nH]c4=S)c3)ccc2N1Cc1ccccc1.[K+]. The first-order chi connectivity index (χ1) is 17.9. The molecule has 190 valence electrons. The number of aliphatic hydroxyl groups is 1. The van der Waals surface area contributed by atoms with Crippen LogP contribution in [0.1, 0.15) is 11.1 Å². The molecule has 4 N–H and O–H groups in total. The van der Waals surface area contributed by atoms with Gasteiger partial charge < -0.3 is 30.0 Å². The van der Waals surface area contributed by atoms with Crippen LogP contribution < -0.4 is 71.4 Å². The van der Waals surface area contributed by atoms with E-state index in [1.54, 1.807) is 15.5 Å². The van der Waals surface area contributed by atoms with Crippen LogP contribution in [0.25, 0.3) is 5.69 Å². The van der Waals surface area contributed by atoms with E-state index < -0.39 is 18.1 Å². The minimum absolute atomic E-state index is 0. The third kappa shape index (κ3) is 6.29. The van der Waals surface area contributed by atoms with Crippen LogP contribution in [0.15, 0.2) is 72.8 Å². The minimum atomic E-state index is -1.30. The first-order valence-electron chi connectivity index (χ1n) is 11.6. The summed E-state index contributed by atoms with van der Waals surface area (Å²) < 4.78 is 8.57. The van der Waals surface area contributed by atoms with Gasteiger partial charge in [-0.2, -0.15) is 0 Å². The van der Waals surface area contributed by atoms with Crippen molar-refractivity contribution < 1.29 is 71.1 Å². The van der Waals surface area contributed by atoms with Gasteiger partial charge in [0, 0.05) is 24.3 Å². The summed E-state index contributed by atoms with van der Waals surface area (Å²) >= 11 is 10.6. The molecular formula is C26H24KN5O4S2. The van der Waals surface area contributed by atoms with Gasteiger partial charge in [0.25, 0.3) is 0 Å². The molecule has 3 aromatic carbocycles. The van der Waals surface area contributed by atoms with Crippen LogP contribution in [-0.2, 0) is 17.8 Å². The van der Waals surface area contributed by atoms with Gasteiger partial charge in [0.15, 0.2) is 16.3 Å². The predicted molar refractivity (Wildman–Crippen MR) is 143 cm³/mol. The van der Waals surface area contributed by atoms with Gasteiger partial charge in [-0.3, -0.25) is 14.8 Å². The Hall–Kier alpha value is -2.29. The van der Waals surface area contributed by atoms with Crippen LogP contribution in [0.3, 0.4) is 0 Å². The molecule has 2 heterocycles. The number of H-pyrrole nitrogens is 2. The molecule has 0 radical (unpaired) electrons. The summed E-state index contributed by atoms with van der Waals surface area (Å²) in [5.74, 6) is -0.709. The third-order valence-corrected chi connectivity index (χ3v) is 6.80. The summed E-state index contributed by atoms with van der Waals surface area (Å²) in [6, 6.07) is 21.4. The van der Waals surface area contributed by atoms with E-state index in [-0.39, 0.29) is 64.5 Å². The molecule has 0 spiro atoms. The number of aromatic amines is 2. The number of aliphatic carboxylic acids is 1. The zero-order valence-corrected chi connectivity index (χ0v) is 25.3. The molecule has 38 heavy (non-hydrogen) atoms. The first kappa shape index (κ1) is 28.7. The van der Waals surface area contributed by atoms with Crippen molar-refractivity contribution in [2.75, 3.05) is 16.9 Å². The number of ether oxygens (including phenoxy) is 1. The Bertz CT molecular complexity index is 1510. The largest absolute Gasteiger partial charge is 1.00 e. The molecular weight excluding hydrogens is 550 g/mol. The van der Waals surface area contributed by atoms with E-state index in [1.807, 2.05) is 66.7 Å². The molecule has 9 nitrogen and oxygen atoms in total. The van der Waals surface area contributed by atoms with E-state index in [9.17, 15) is 15.0 Å². The summed E-state index contributed by atoms with van der Waals surface area (Å²) in [5, 5.41) is 31.4. The second-order valence-electron chi connectivity index (χ2n) is 8.65. The van der Waals surface area contributed by atoms with Crippen LogP contribution in [0, 0.1) is 9.54 Å². The molecule has 0 saturated carbocycles. The van der Waals surface area contributed by atoms with Crippen molar-refractivity contribution in [3.8, 4) is 11.4 Å². The van der Waals surface area contributed by atoms with Crippen LogP contribution in [-0.4, -0.2) is 44.7 Å². The second kappa shape index (κ2) is 12.7. The number of nitrogens with one attached hydrogen (secondary N) is 3. The fraction of sp³-hybridized carbons (Fsp3) is 0.192. The molecule has 0 saturated heterocycles. The predicted octanol–water partition coefficient (Wildman–Crippen LogP) is 0.0870. The molecule has 4 aromatic rings. The van der Waals surface area contributed by atoms with E-state index in [4.69, 9.17) is 29.2 Å². The zero-order chi connectivity index (χ0) is 25.9. The molecule has 5 rings (SSSR count). The fourth-order valence-corrected chi connectivity index (χ4v) is 5.09. The number of fused-ring (bicyclic) bond motifs is 1. The summed E-state index contributed by atoms with van der Waals surface area (Å²) in [4.78, 5) is 13.6. The number of nitrogens with zero attached hydrogens (tertiary/aromatic N) is 2. The maximum absolute atomic E-state index is 11.9. The smallest absolute Gasteiger partial charge is 0.548 e. The van der Waals surface area contributed by atoms with E-state index >= 15 is 0 Å². The molecule has 1 aromatic heterocycles. The Morgan fingerprint density at radius 1 is 1.05 bits per heavy atom. The maximum atomic E-state index is 11.9. The quantitative estimate of drug-likeness (QED) is 0.133. The number of aromatic nitrogens is 3. The van der Waals surface area contributed by atoms with E-state index in [0.29, 0.717) is 21.8 Å². The van der Waals surface area contributed by atoms with E-state index in [2.05, 4.69) is 15.5 Å². The van der Waals surface area contributed by atoms with Crippen molar-refractivity contribution in [2.24, 2.45) is 0 Å². The summed E-state index contributed by atoms with van der Waals surface area (Å²) in [6.45, 7) is 0.516. The van der Waals surface area contributed by atoms with Crippen LogP contribution >= 0.6 is 24.4 Å². The number of anilines is 2. The van der Waals surface area contributed by atoms with E-state index in [1.165, 1.54) is 0 Å². The first-order valence-corrected chi connectivity index (χ1v) is 12.4. The van der Waals surface area contributed by atoms with Gasteiger partial charge in [-0.25, -0.2) is 0 Å². The molecule has 1 aliphatic heterocycles. The van der Waals surface area contributed by atoms with Gasteiger partial charge in [-0.05, 0) is 72.0 Å². The zero-order valence-electron chi connectivity index (χ0n) is 20.6. The number of carbonyl (C=O) groups is 1. The van der Waals surface area contributed by atoms with Crippen molar-refractivity contribution in [1.82, 2.24) is 14.8 Å². The summed E-state index contributed by atoms with van der Waals surface area (Å²) in [5.41, 5.74) is 4.09. The van der Waals surface area contributed by atoms with Crippen LogP contribution in [0.5, 0.6) is 5.75 Å².